The maximum absolute atomic E-state index is 13.2. The lowest BCUT2D eigenvalue weighted by atomic mass is 9.98. The average molecular weight is 1110 g/mol. The summed E-state index contributed by atoms with van der Waals surface area (Å²) in [6.07, 6.45) is 2.03. The number of anilines is 1. The summed E-state index contributed by atoms with van der Waals surface area (Å²) in [7, 11) is 1.71. The Balaban J connectivity index is 0.597. The Bertz CT molecular complexity index is 2310. The summed E-state index contributed by atoms with van der Waals surface area (Å²) in [5.41, 5.74) is 5.12. The molecule has 1 atom stereocenters. The Labute approximate surface area is 462 Å². The third-order valence-corrected chi connectivity index (χ3v) is 12.9. The van der Waals surface area contributed by atoms with Gasteiger partial charge in [-0.1, -0.05) is 61.0 Å². The van der Waals surface area contributed by atoms with E-state index in [1.54, 1.807) is 19.2 Å². The molecule has 3 aliphatic rings. The van der Waals surface area contributed by atoms with Gasteiger partial charge in [-0.15, -0.1) is 0 Å². The Kier molecular flexibility index (Phi) is 28.8. The second-order valence-electron chi connectivity index (χ2n) is 18.5. The van der Waals surface area contributed by atoms with Crippen LogP contribution in [-0.2, 0) is 71.2 Å². The molecule has 2 heterocycles. The fourth-order valence-corrected chi connectivity index (χ4v) is 8.80. The first kappa shape index (κ1) is 62.4. The zero-order valence-electron chi connectivity index (χ0n) is 45.5. The van der Waals surface area contributed by atoms with E-state index in [1.807, 2.05) is 24.3 Å². The number of amides is 6. The first-order valence-corrected chi connectivity index (χ1v) is 27.3. The molecule has 22 nitrogen and oxygen atoms in total. The van der Waals surface area contributed by atoms with E-state index in [9.17, 15) is 28.8 Å². The molecule has 2 N–H and O–H groups in total. The molecule has 3 aromatic carbocycles. The molecule has 1 fully saturated rings. The van der Waals surface area contributed by atoms with E-state index in [4.69, 9.17) is 56.8 Å². The second kappa shape index (κ2) is 36.5. The van der Waals surface area contributed by atoms with Crippen LogP contribution < -0.4 is 10.6 Å². The summed E-state index contributed by atoms with van der Waals surface area (Å²) in [6.45, 7) is 10.5. The third kappa shape index (κ3) is 21.3. The van der Waals surface area contributed by atoms with Crippen LogP contribution in [0.25, 0.3) is 11.1 Å². The van der Waals surface area contributed by atoms with Gasteiger partial charge in [0.25, 0.3) is 11.8 Å². The zero-order valence-corrected chi connectivity index (χ0v) is 45.5. The van der Waals surface area contributed by atoms with Crippen molar-refractivity contribution in [1.82, 2.24) is 15.1 Å². The number of imide groups is 2. The van der Waals surface area contributed by atoms with Crippen molar-refractivity contribution < 1.29 is 85.6 Å². The van der Waals surface area contributed by atoms with Crippen LogP contribution in [0.4, 0.5) is 10.5 Å². The van der Waals surface area contributed by atoms with E-state index in [0.717, 1.165) is 17.7 Å². The molecule has 6 rings (SSSR count). The summed E-state index contributed by atoms with van der Waals surface area (Å²) < 4.78 is 66.8. The molecule has 0 saturated carbocycles. The Morgan fingerprint density at radius 1 is 0.532 bits per heavy atom. The highest BCUT2D eigenvalue weighted by atomic mass is 16.6. The minimum atomic E-state index is -1.08. The molecule has 0 spiro atoms. The quantitative estimate of drug-likeness (QED) is 0.0579. The lowest BCUT2D eigenvalue weighted by molar-refractivity contribution is -0.136. The number of rotatable bonds is 43. The zero-order chi connectivity index (χ0) is 55.7. The molecular weight excluding hydrogens is 1030 g/mol. The number of carbonyl (C=O) groups excluding carboxylic acids is 6. The van der Waals surface area contributed by atoms with E-state index in [2.05, 4.69) is 34.9 Å². The molecule has 0 radical (unpaired) electrons. The average Bonchev–Trinajstić information content (AvgIpc) is 4.16. The van der Waals surface area contributed by atoms with Crippen molar-refractivity contribution >= 4 is 41.3 Å². The van der Waals surface area contributed by atoms with Gasteiger partial charge in [0.2, 0.25) is 17.7 Å². The van der Waals surface area contributed by atoms with E-state index >= 15 is 0 Å². The van der Waals surface area contributed by atoms with E-state index < -0.39 is 29.7 Å². The van der Waals surface area contributed by atoms with Crippen molar-refractivity contribution in [2.24, 2.45) is 0 Å². The first-order valence-electron chi connectivity index (χ1n) is 27.3. The van der Waals surface area contributed by atoms with Crippen LogP contribution in [0.1, 0.15) is 76.3 Å². The molecule has 0 aromatic heterocycles. The SMILES string of the molecule is CN(CCOCCOCCOCCOCCOCCOCCOCCOCCOCCOCCOCCCCCC(=O)Nc1cccc2c1C(=O)N(C1CCC(=O)NC1=O)C2=O)C(=O)OCC1c2ccccc2-c2ccccc21. The standard InChI is InChI=1S/C57H78N4O18/c1-60(57(67)79-42-48-45-12-6-4-10-43(45)44-11-5-7-13-46(44)48)19-21-69-23-25-71-27-29-73-31-33-75-35-37-77-39-41-78-40-38-76-36-34-74-32-30-72-28-26-70-24-22-68-20-8-2-3-16-51(62)58-49-15-9-14-47-53(49)56(66)61(55(47)65)50-17-18-52(63)59-54(50)64/h4-7,9-15,48,50H,2-3,8,16-42H2,1H3,(H,58,62)(H,59,63,64). The molecule has 434 valence electrons. The molecule has 1 aliphatic carbocycles. The number of ether oxygens (including phenoxy) is 12. The highest BCUT2D eigenvalue weighted by Gasteiger charge is 2.45. The van der Waals surface area contributed by atoms with Gasteiger partial charge in [-0.05, 0) is 53.6 Å². The fraction of sp³-hybridized carbons (Fsp3) is 0.579. The Morgan fingerprint density at radius 3 is 1.46 bits per heavy atom. The Hall–Kier alpha value is -5.76. The summed E-state index contributed by atoms with van der Waals surface area (Å²) in [4.78, 5) is 77.9. The van der Waals surface area contributed by atoms with Gasteiger partial charge in [0.05, 0.1) is 156 Å². The lowest BCUT2D eigenvalue weighted by Crippen LogP contribution is -2.54. The van der Waals surface area contributed by atoms with Crippen LogP contribution >= 0.6 is 0 Å². The van der Waals surface area contributed by atoms with Crippen LogP contribution in [0.3, 0.4) is 0 Å². The van der Waals surface area contributed by atoms with E-state index in [0.29, 0.717) is 158 Å². The molecule has 1 unspecified atom stereocenters. The number of fused-ring (bicyclic) bond motifs is 4. The number of unbranched alkanes of at least 4 members (excludes halogenated alkanes) is 2. The maximum Gasteiger partial charge on any atom is 0.409 e. The smallest absolute Gasteiger partial charge is 0.409 e. The van der Waals surface area contributed by atoms with E-state index in [-0.39, 0.29) is 60.6 Å². The van der Waals surface area contributed by atoms with Crippen molar-refractivity contribution in [3.63, 3.8) is 0 Å². The molecule has 22 heteroatoms. The number of benzene rings is 3. The normalized spacial score (nSPS) is 14.8. The molecule has 3 aromatic rings. The molecule has 0 bridgehead atoms. The number of hydrogen-bond donors (Lipinski definition) is 2. The topological polar surface area (TPSA) is 244 Å². The minimum absolute atomic E-state index is 0.0231. The highest BCUT2D eigenvalue weighted by molar-refractivity contribution is 6.26. The Morgan fingerprint density at radius 2 is 0.975 bits per heavy atom. The third-order valence-electron chi connectivity index (χ3n) is 12.9. The van der Waals surface area contributed by atoms with Gasteiger partial charge in [0.1, 0.15) is 12.6 Å². The first-order chi connectivity index (χ1) is 38.7. The summed E-state index contributed by atoms with van der Waals surface area (Å²) in [5.74, 6) is -2.71. The number of nitrogens with one attached hydrogen (secondary N) is 2. The van der Waals surface area contributed by atoms with Crippen LogP contribution in [0.15, 0.2) is 66.7 Å². The summed E-state index contributed by atoms with van der Waals surface area (Å²) in [5, 5.41) is 4.91. The van der Waals surface area contributed by atoms with Gasteiger partial charge in [0, 0.05) is 39.0 Å². The molecular formula is C57H78N4O18. The van der Waals surface area contributed by atoms with Gasteiger partial charge in [-0.2, -0.15) is 0 Å². The minimum Gasteiger partial charge on any atom is -0.448 e. The van der Waals surface area contributed by atoms with Gasteiger partial charge in [-0.3, -0.25) is 34.2 Å². The lowest BCUT2D eigenvalue weighted by Gasteiger charge is -2.27. The van der Waals surface area contributed by atoms with Gasteiger partial charge in [0.15, 0.2) is 0 Å². The van der Waals surface area contributed by atoms with Crippen LogP contribution in [-0.4, -0.2) is 217 Å². The molecule has 6 amide bonds. The number of piperidine rings is 1. The summed E-state index contributed by atoms with van der Waals surface area (Å²) in [6, 6.07) is 20.0. The number of hydrogen-bond acceptors (Lipinski definition) is 18. The predicted octanol–water partition coefficient (Wildman–Crippen LogP) is 4.65. The monoisotopic (exact) mass is 1110 g/mol. The second-order valence-corrected chi connectivity index (χ2v) is 18.5. The number of carbonyl (C=O) groups is 6. The van der Waals surface area contributed by atoms with E-state index in [1.165, 1.54) is 33.2 Å². The molecule has 2 aliphatic heterocycles. The van der Waals surface area contributed by atoms with Crippen LogP contribution in [0.5, 0.6) is 0 Å². The largest absolute Gasteiger partial charge is 0.448 e. The van der Waals surface area contributed by atoms with Crippen molar-refractivity contribution in [2.75, 3.05) is 171 Å². The highest BCUT2D eigenvalue weighted by Crippen LogP contribution is 2.44. The van der Waals surface area contributed by atoms with Crippen molar-refractivity contribution in [1.29, 1.82) is 0 Å². The van der Waals surface area contributed by atoms with Gasteiger partial charge >= 0.3 is 6.09 Å². The van der Waals surface area contributed by atoms with Crippen molar-refractivity contribution in [2.45, 2.75) is 50.5 Å². The number of likely N-dealkylation sites (N-methyl/N-ethyl adjacent to an activating group) is 1. The predicted molar refractivity (Wildman–Crippen MR) is 287 cm³/mol. The molecule has 79 heavy (non-hydrogen) atoms. The van der Waals surface area contributed by atoms with Gasteiger partial charge in [-0.25, -0.2) is 4.79 Å². The van der Waals surface area contributed by atoms with Crippen molar-refractivity contribution in [3.05, 3.63) is 89.0 Å². The maximum atomic E-state index is 13.2. The summed E-state index contributed by atoms with van der Waals surface area (Å²) >= 11 is 0. The van der Waals surface area contributed by atoms with Crippen LogP contribution in [0, 0.1) is 0 Å². The van der Waals surface area contributed by atoms with Crippen LogP contribution in [0.2, 0.25) is 0 Å². The number of nitrogens with zero attached hydrogens (tertiary/aromatic N) is 2. The molecule has 1 saturated heterocycles. The fourth-order valence-electron chi connectivity index (χ4n) is 8.80. The van der Waals surface area contributed by atoms with Crippen molar-refractivity contribution in [3.8, 4) is 11.1 Å². The van der Waals surface area contributed by atoms with Gasteiger partial charge < -0.3 is 67.1 Å².